The molecule has 13 nitrogen and oxygen atoms in total. The van der Waals surface area contributed by atoms with Gasteiger partial charge in [0.15, 0.2) is 6.10 Å². The van der Waals surface area contributed by atoms with Gasteiger partial charge in [-0.05, 0) is 44.9 Å². The summed E-state index contributed by atoms with van der Waals surface area (Å²) < 4.78 is 33.2. The molecule has 1 saturated carbocycles. The normalized spacial score (nSPS) is 24.3. The summed E-state index contributed by atoms with van der Waals surface area (Å²) in [6.45, 7) is 2.85. The van der Waals surface area contributed by atoms with Gasteiger partial charge in [-0.15, -0.1) is 0 Å². The molecule has 14 heteroatoms. The van der Waals surface area contributed by atoms with E-state index >= 15 is 0 Å². The van der Waals surface area contributed by atoms with Gasteiger partial charge in [-0.1, -0.05) is 130 Å². The molecule has 7 unspecified atom stereocenters. The number of carbonyl (C=O) groups excluding carboxylic acids is 2. The number of allylic oxidation sites excluding steroid dienone is 18. The van der Waals surface area contributed by atoms with Gasteiger partial charge in [-0.3, -0.25) is 18.6 Å². The summed E-state index contributed by atoms with van der Waals surface area (Å²) in [7, 11) is -5.14. The minimum absolute atomic E-state index is 0.0273. The molecule has 0 saturated heterocycles. The highest BCUT2D eigenvalue weighted by atomic mass is 31.2. The van der Waals surface area contributed by atoms with E-state index in [0.717, 1.165) is 32.1 Å². The number of rotatable bonds is 27. The quantitative estimate of drug-likeness (QED) is 0.0255. The lowest BCUT2D eigenvalue weighted by Gasteiger charge is -2.41. The maximum atomic E-state index is 12.7. The van der Waals surface area contributed by atoms with E-state index in [9.17, 15) is 44.6 Å². The minimum Gasteiger partial charge on any atom is -0.462 e. The number of aliphatic hydroxyl groups is 5. The van der Waals surface area contributed by atoms with Gasteiger partial charge in [0.05, 0.1) is 6.61 Å². The Balaban J connectivity index is 2.66. The molecule has 0 aromatic rings. The number of phosphoric ester groups is 1. The Morgan fingerprint density at radius 1 is 0.564 bits per heavy atom. The first-order valence-electron chi connectivity index (χ1n) is 18.8. The summed E-state index contributed by atoms with van der Waals surface area (Å²) in [4.78, 5) is 35.4. The molecule has 1 aliphatic rings. The van der Waals surface area contributed by atoms with Gasteiger partial charge in [-0.2, -0.15) is 0 Å². The van der Waals surface area contributed by atoms with Gasteiger partial charge in [0.1, 0.15) is 43.2 Å². The first kappa shape index (κ1) is 49.5. The molecule has 1 rings (SSSR count). The number of esters is 2. The zero-order valence-electron chi connectivity index (χ0n) is 31.9. The van der Waals surface area contributed by atoms with Crippen LogP contribution in [0.4, 0.5) is 0 Å². The summed E-state index contributed by atoms with van der Waals surface area (Å²) in [5, 5.41) is 49.9. The van der Waals surface area contributed by atoms with Crippen molar-refractivity contribution < 1.29 is 63.1 Å². The van der Waals surface area contributed by atoms with Crippen LogP contribution in [-0.2, 0) is 32.7 Å². The Labute approximate surface area is 325 Å². The monoisotopic (exact) mass is 792 g/mol. The van der Waals surface area contributed by atoms with Crippen LogP contribution in [0.3, 0.4) is 0 Å². The van der Waals surface area contributed by atoms with E-state index in [1.807, 2.05) is 97.2 Å². The average Bonchev–Trinajstić information content (AvgIpc) is 3.16. The number of unbranched alkanes of at least 4 members (excludes halogenated alkanes) is 4. The highest BCUT2D eigenvalue weighted by Gasteiger charge is 2.51. The fourth-order valence-corrected chi connectivity index (χ4v) is 5.77. The third-order valence-corrected chi connectivity index (χ3v) is 8.82. The van der Waals surface area contributed by atoms with E-state index in [0.29, 0.717) is 19.3 Å². The fourth-order valence-electron chi connectivity index (χ4n) is 4.80. The van der Waals surface area contributed by atoms with Crippen LogP contribution in [0.2, 0.25) is 0 Å². The van der Waals surface area contributed by atoms with Crippen LogP contribution in [0.15, 0.2) is 109 Å². The molecule has 0 aliphatic heterocycles. The zero-order chi connectivity index (χ0) is 40.7. The van der Waals surface area contributed by atoms with Crippen LogP contribution >= 0.6 is 7.82 Å². The topological polar surface area (TPSA) is 210 Å². The fraction of sp³-hybridized carbons (Fsp3) is 0.512. The average molecular weight is 793 g/mol. The summed E-state index contributed by atoms with van der Waals surface area (Å²) in [6.07, 6.45) is 27.5. The number of hydrogen-bond acceptors (Lipinski definition) is 12. The molecule has 0 amide bonds. The van der Waals surface area contributed by atoms with Crippen molar-refractivity contribution in [2.75, 3.05) is 13.2 Å². The van der Waals surface area contributed by atoms with E-state index in [-0.39, 0.29) is 12.8 Å². The van der Waals surface area contributed by atoms with Crippen molar-refractivity contribution in [3.63, 3.8) is 0 Å². The highest BCUT2D eigenvalue weighted by molar-refractivity contribution is 7.47. The van der Waals surface area contributed by atoms with Gasteiger partial charge >= 0.3 is 19.8 Å². The third-order valence-electron chi connectivity index (χ3n) is 7.83. The standard InChI is InChI=1S/C41H61O13P/c1-3-5-7-9-11-13-15-17-19-21-23-25-27-29-34(42)51-31-33(32-52-55(49,50)54-41-39(47)37(45)36(44)38(46)40(41)48)53-35(43)30-28-26-24-22-20-18-16-14-12-10-8-6-4-2/h5-21,23,33,36-41,44-48H,3-4,22,24-32H2,1-2H3,(H,49,50)/b7-5+,8-6+,11-9+,12-10+,15-13+,16-14+,19-17+,20-18+,23-21+/t33?,36?,37-,38?,39?,40?,41?/m1/s1. The number of carbonyl (C=O) groups is 2. The van der Waals surface area contributed by atoms with E-state index in [2.05, 4.69) is 26.0 Å². The number of hydrogen-bond donors (Lipinski definition) is 6. The summed E-state index contributed by atoms with van der Waals surface area (Å²) in [5.41, 5.74) is 0. The summed E-state index contributed by atoms with van der Waals surface area (Å²) in [5.74, 6) is -1.25. The van der Waals surface area contributed by atoms with Crippen molar-refractivity contribution in [2.24, 2.45) is 0 Å². The van der Waals surface area contributed by atoms with E-state index < -0.39 is 75.7 Å². The lowest BCUT2D eigenvalue weighted by Crippen LogP contribution is -2.64. The largest absolute Gasteiger partial charge is 0.472 e. The maximum Gasteiger partial charge on any atom is 0.472 e. The first-order valence-corrected chi connectivity index (χ1v) is 20.3. The zero-order valence-corrected chi connectivity index (χ0v) is 32.8. The second-order valence-corrected chi connectivity index (χ2v) is 13.9. The lowest BCUT2D eigenvalue weighted by molar-refractivity contribution is -0.220. The molecule has 1 fully saturated rings. The van der Waals surface area contributed by atoms with Crippen molar-refractivity contribution in [3.05, 3.63) is 109 Å². The Kier molecular flexibility index (Phi) is 27.6. The molecule has 0 radical (unpaired) electrons. The number of phosphoric acid groups is 1. The maximum absolute atomic E-state index is 12.7. The van der Waals surface area contributed by atoms with Crippen LogP contribution < -0.4 is 0 Å². The molecule has 0 spiro atoms. The van der Waals surface area contributed by atoms with Gasteiger partial charge in [-0.25, -0.2) is 4.57 Å². The van der Waals surface area contributed by atoms with Crippen molar-refractivity contribution >= 4 is 19.8 Å². The second kappa shape index (κ2) is 30.7. The molecule has 0 aromatic heterocycles. The van der Waals surface area contributed by atoms with E-state index in [4.69, 9.17) is 18.5 Å². The van der Waals surface area contributed by atoms with Crippen molar-refractivity contribution in [3.8, 4) is 0 Å². The van der Waals surface area contributed by atoms with Crippen LogP contribution in [-0.4, -0.2) is 98.3 Å². The molecular weight excluding hydrogens is 731 g/mol. The molecule has 8 atom stereocenters. The molecule has 6 N–H and O–H groups in total. The number of aliphatic hydroxyl groups excluding tert-OH is 5. The van der Waals surface area contributed by atoms with Crippen molar-refractivity contribution in [2.45, 2.75) is 121 Å². The molecule has 0 aromatic carbocycles. The molecule has 0 heterocycles. The van der Waals surface area contributed by atoms with Crippen LogP contribution in [0.1, 0.15) is 78.1 Å². The Hall–Kier alpha value is -3.49. The van der Waals surface area contributed by atoms with Crippen LogP contribution in [0.5, 0.6) is 0 Å². The SMILES string of the molecule is CC/C=C/C=C/C=C/C=C/C=C/CCCC(=O)OCC(COP(=O)(O)OC1C(O)C(O)C(O)[C@@H](O)C1O)OC(=O)CCCCC/C=C/C=C/C=C/C=C/CC. The lowest BCUT2D eigenvalue weighted by atomic mass is 9.85. The molecule has 55 heavy (non-hydrogen) atoms. The third kappa shape index (κ3) is 23.9. The molecule has 308 valence electrons. The molecular formula is C41H61O13P. The van der Waals surface area contributed by atoms with Crippen LogP contribution in [0.25, 0.3) is 0 Å². The van der Waals surface area contributed by atoms with Gasteiger partial charge in [0.25, 0.3) is 0 Å². The summed E-state index contributed by atoms with van der Waals surface area (Å²) >= 11 is 0. The second-order valence-electron chi connectivity index (χ2n) is 12.5. The van der Waals surface area contributed by atoms with E-state index in [1.165, 1.54) is 0 Å². The summed E-state index contributed by atoms with van der Waals surface area (Å²) in [6, 6.07) is 0. The predicted molar refractivity (Wildman–Crippen MR) is 211 cm³/mol. The van der Waals surface area contributed by atoms with Crippen LogP contribution in [0, 0.1) is 0 Å². The van der Waals surface area contributed by atoms with Gasteiger partial charge in [0.2, 0.25) is 0 Å². The van der Waals surface area contributed by atoms with Crippen molar-refractivity contribution in [1.82, 2.24) is 0 Å². The van der Waals surface area contributed by atoms with E-state index in [1.54, 1.807) is 0 Å². The highest BCUT2D eigenvalue weighted by Crippen LogP contribution is 2.47. The molecule has 1 aliphatic carbocycles. The Morgan fingerprint density at radius 2 is 1.00 bits per heavy atom. The van der Waals surface area contributed by atoms with Crippen molar-refractivity contribution in [1.29, 1.82) is 0 Å². The minimum atomic E-state index is -5.14. The first-order chi connectivity index (χ1) is 26.4. The number of ether oxygens (including phenoxy) is 2. The molecule has 0 bridgehead atoms. The van der Waals surface area contributed by atoms with Gasteiger partial charge in [0, 0.05) is 12.8 Å². The predicted octanol–water partition coefficient (Wildman–Crippen LogP) is 5.71. The Morgan fingerprint density at radius 3 is 1.51 bits per heavy atom. The van der Waals surface area contributed by atoms with Gasteiger partial charge < -0.3 is 39.9 Å². The smallest absolute Gasteiger partial charge is 0.462 e. The Bertz CT molecular complexity index is 1380.